The van der Waals surface area contributed by atoms with Crippen molar-refractivity contribution >= 4 is 51.7 Å². The van der Waals surface area contributed by atoms with Crippen molar-refractivity contribution in [3.63, 3.8) is 0 Å². The van der Waals surface area contributed by atoms with E-state index in [1.807, 2.05) is 30.3 Å². The zero-order chi connectivity index (χ0) is 24.2. The molecular formula is C23H15N3O6S2. The molecule has 170 valence electrons. The van der Waals surface area contributed by atoms with Crippen LogP contribution in [0.25, 0.3) is 6.08 Å². The molecule has 4 rings (SSSR count). The van der Waals surface area contributed by atoms with E-state index in [4.69, 9.17) is 17.0 Å². The molecule has 1 amide bonds. The molecule has 1 fully saturated rings. The average Bonchev–Trinajstić information content (AvgIpc) is 3.08. The van der Waals surface area contributed by atoms with Crippen molar-refractivity contribution in [2.75, 3.05) is 0 Å². The number of hydrogen-bond acceptors (Lipinski definition) is 8. The number of ether oxygens (including phenoxy) is 1. The highest BCUT2D eigenvalue weighted by Crippen LogP contribution is 2.38. The van der Waals surface area contributed by atoms with Crippen molar-refractivity contribution in [3.8, 4) is 11.5 Å². The van der Waals surface area contributed by atoms with Crippen LogP contribution in [0.1, 0.15) is 11.1 Å². The second kappa shape index (κ2) is 9.81. The van der Waals surface area contributed by atoms with Crippen molar-refractivity contribution in [2.24, 2.45) is 0 Å². The Kier molecular flexibility index (Phi) is 6.66. The first-order chi connectivity index (χ1) is 16.3. The van der Waals surface area contributed by atoms with Crippen LogP contribution in [0, 0.1) is 20.2 Å². The number of nitrogens with zero attached hydrogens (tertiary/aromatic N) is 3. The minimum Gasteiger partial charge on any atom is -0.449 e. The predicted molar refractivity (Wildman–Crippen MR) is 131 cm³/mol. The fourth-order valence-corrected chi connectivity index (χ4v) is 4.45. The van der Waals surface area contributed by atoms with Crippen LogP contribution < -0.4 is 4.74 Å². The van der Waals surface area contributed by atoms with Crippen LogP contribution in [0.3, 0.4) is 0 Å². The first kappa shape index (κ1) is 23.1. The molecule has 0 saturated carbocycles. The zero-order valence-corrected chi connectivity index (χ0v) is 19.0. The van der Waals surface area contributed by atoms with Crippen molar-refractivity contribution in [3.05, 3.63) is 109 Å². The second-order valence-electron chi connectivity index (χ2n) is 7.06. The number of thiocarbonyl (C=S) groups is 1. The van der Waals surface area contributed by atoms with Crippen molar-refractivity contribution in [1.29, 1.82) is 0 Å². The molecule has 1 saturated heterocycles. The van der Waals surface area contributed by atoms with Gasteiger partial charge in [0.25, 0.3) is 11.6 Å². The van der Waals surface area contributed by atoms with E-state index in [1.54, 1.807) is 30.3 Å². The van der Waals surface area contributed by atoms with Gasteiger partial charge in [-0.2, -0.15) is 0 Å². The summed E-state index contributed by atoms with van der Waals surface area (Å²) in [6.07, 6.45) is 1.61. The lowest BCUT2D eigenvalue weighted by atomic mass is 10.1. The standard InChI is InChI=1S/C23H15N3O6S2/c27-22-21(34-23(33)24(22)14-15-6-2-1-3-7-15)12-16-8-4-5-9-19(16)32-20-11-10-17(25(28)29)13-18(20)26(30)31/h1-13H,14H2/b21-12+. The predicted octanol–water partition coefficient (Wildman–Crippen LogP) is 5.70. The quantitative estimate of drug-likeness (QED) is 0.178. The summed E-state index contributed by atoms with van der Waals surface area (Å²) < 4.78 is 6.18. The number of benzene rings is 3. The lowest BCUT2D eigenvalue weighted by Gasteiger charge is -2.14. The van der Waals surface area contributed by atoms with Crippen molar-refractivity contribution in [1.82, 2.24) is 4.90 Å². The van der Waals surface area contributed by atoms with Gasteiger partial charge < -0.3 is 4.74 Å². The van der Waals surface area contributed by atoms with E-state index < -0.39 is 21.2 Å². The molecule has 3 aromatic rings. The number of thioether (sulfide) groups is 1. The fraction of sp³-hybridized carbons (Fsp3) is 0.0435. The Hall–Kier alpha value is -4.09. The summed E-state index contributed by atoms with van der Waals surface area (Å²) in [5, 5.41) is 22.4. The van der Waals surface area contributed by atoms with Gasteiger partial charge in [-0.05, 0) is 23.8 Å². The lowest BCUT2D eigenvalue weighted by Crippen LogP contribution is -2.27. The van der Waals surface area contributed by atoms with Crippen LogP contribution in [0.4, 0.5) is 11.4 Å². The molecule has 0 atom stereocenters. The van der Waals surface area contributed by atoms with Crippen LogP contribution in [0.5, 0.6) is 11.5 Å². The number of non-ortho nitro benzene ring substituents is 1. The van der Waals surface area contributed by atoms with E-state index in [9.17, 15) is 25.0 Å². The number of rotatable bonds is 7. The number of carbonyl (C=O) groups excluding carboxylic acids is 1. The van der Waals surface area contributed by atoms with Gasteiger partial charge in [-0.15, -0.1) is 0 Å². The van der Waals surface area contributed by atoms with E-state index in [1.165, 1.54) is 11.0 Å². The van der Waals surface area contributed by atoms with Crippen molar-refractivity contribution in [2.45, 2.75) is 6.54 Å². The Balaban J connectivity index is 1.62. The van der Waals surface area contributed by atoms with Crippen LogP contribution in [-0.4, -0.2) is 25.0 Å². The highest BCUT2D eigenvalue weighted by atomic mass is 32.2. The van der Waals surface area contributed by atoms with Gasteiger partial charge in [0.05, 0.1) is 27.4 Å². The third kappa shape index (κ3) is 4.95. The molecule has 1 aliphatic heterocycles. The maximum atomic E-state index is 13.0. The summed E-state index contributed by atoms with van der Waals surface area (Å²) in [7, 11) is 0. The number of carbonyl (C=O) groups is 1. The minimum absolute atomic E-state index is 0.159. The second-order valence-corrected chi connectivity index (χ2v) is 8.74. The summed E-state index contributed by atoms with van der Waals surface area (Å²) in [6, 6.07) is 19.3. The largest absolute Gasteiger partial charge is 0.449 e. The van der Waals surface area contributed by atoms with E-state index in [2.05, 4.69) is 0 Å². The van der Waals surface area contributed by atoms with Crippen molar-refractivity contribution < 1.29 is 19.4 Å². The first-order valence-electron chi connectivity index (χ1n) is 9.82. The molecule has 0 spiro atoms. The van der Waals surface area contributed by atoms with Gasteiger partial charge >= 0.3 is 5.69 Å². The SMILES string of the molecule is O=C1/C(=C\c2ccccc2Oc2ccc([N+](=O)[O-])cc2[N+](=O)[O-])SC(=S)N1Cc1ccccc1. The highest BCUT2D eigenvalue weighted by molar-refractivity contribution is 8.26. The van der Waals surface area contributed by atoms with Gasteiger partial charge in [-0.25, -0.2) is 0 Å². The van der Waals surface area contributed by atoms with E-state index >= 15 is 0 Å². The Bertz CT molecular complexity index is 1340. The lowest BCUT2D eigenvalue weighted by molar-refractivity contribution is -0.394. The van der Waals surface area contributed by atoms with Gasteiger partial charge in [0, 0.05) is 11.6 Å². The molecular weight excluding hydrogens is 478 g/mol. The fourth-order valence-electron chi connectivity index (χ4n) is 3.20. The van der Waals surface area contributed by atoms with Crippen LogP contribution in [-0.2, 0) is 11.3 Å². The topological polar surface area (TPSA) is 116 Å². The summed E-state index contributed by atoms with van der Waals surface area (Å²) in [6.45, 7) is 0.343. The van der Waals surface area contributed by atoms with E-state index in [0.717, 1.165) is 29.5 Å². The van der Waals surface area contributed by atoms with Crippen LogP contribution >= 0.6 is 24.0 Å². The Labute approximate surface area is 202 Å². The summed E-state index contributed by atoms with van der Waals surface area (Å²) >= 11 is 6.55. The molecule has 1 aliphatic rings. The molecule has 0 radical (unpaired) electrons. The Morgan fingerprint density at radius 2 is 1.65 bits per heavy atom. The van der Waals surface area contributed by atoms with Gasteiger partial charge in [-0.3, -0.25) is 29.9 Å². The third-order valence-electron chi connectivity index (χ3n) is 4.83. The number of para-hydroxylation sites is 1. The molecule has 9 nitrogen and oxygen atoms in total. The monoisotopic (exact) mass is 493 g/mol. The molecule has 3 aromatic carbocycles. The van der Waals surface area contributed by atoms with Crippen LogP contribution in [0.15, 0.2) is 77.7 Å². The van der Waals surface area contributed by atoms with E-state index in [0.29, 0.717) is 21.3 Å². The normalized spacial score (nSPS) is 14.5. The molecule has 11 heteroatoms. The molecule has 0 aliphatic carbocycles. The zero-order valence-electron chi connectivity index (χ0n) is 17.3. The van der Waals surface area contributed by atoms with Gasteiger partial charge in [0.15, 0.2) is 0 Å². The molecule has 0 unspecified atom stereocenters. The Morgan fingerprint density at radius 3 is 2.35 bits per heavy atom. The molecule has 0 bridgehead atoms. The highest BCUT2D eigenvalue weighted by Gasteiger charge is 2.32. The maximum absolute atomic E-state index is 13.0. The van der Waals surface area contributed by atoms with Gasteiger partial charge in [-0.1, -0.05) is 72.5 Å². The van der Waals surface area contributed by atoms with E-state index in [-0.39, 0.29) is 17.4 Å². The third-order valence-corrected chi connectivity index (χ3v) is 6.21. The summed E-state index contributed by atoms with van der Waals surface area (Å²) in [4.78, 5) is 35.8. The number of hydrogen-bond donors (Lipinski definition) is 0. The summed E-state index contributed by atoms with van der Waals surface area (Å²) in [5.41, 5.74) is 0.470. The average molecular weight is 494 g/mol. The number of nitro groups is 2. The molecule has 1 heterocycles. The summed E-state index contributed by atoms with van der Waals surface area (Å²) in [5.74, 6) is -0.171. The molecule has 34 heavy (non-hydrogen) atoms. The molecule has 0 N–H and O–H groups in total. The number of nitro benzene ring substituents is 2. The Morgan fingerprint density at radius 1 is 0.941 bits per heavy atom. The van der Waals surface area contributed by atoms with Gasteiger partial charge in [0.2, 0.25) is 5.75 Å². The van der Waals surface area contributed by atoms with Gasteiger partial charge in [0.1, 0.15) is 10.1 Å². The maximum Gasteiger partial charge on any atom is 0.318 e. The minimum atomic E-state index is -0.750. The smallest absolute Gasteiger partial charge is 0.318 e. The number of amides is 1. The first-order valence-corrected chi connectivity index (χ1v) is 11.0. The van der Waals surface area contributed by atoms with Crippen LogP contribution in [0.2, 0.25) is 0 Å². The molecule has 0 aromatic heterocycles.